The molecule has 4 nitrogen and oxygen atoms in total. The minimum atomic E-state index is -0.166. The third-order valence-electron chi connectivity index (χ3n) is 8.37. The Hall–Kier alpha value is -5.45. The van der Waals surface area contributed by atoms with Crippen molar-refractivity contribution < 1.29 is 0 Å². The largest absolute Gasteiger partial charge is 0.309 e. The second-order valence-corrected chi connectivity index (χ2v) is 10.9. The summed E-state index contributed by atoms with van der Waals surface area (Å²) < 4.78 is 4.78. The van der Waals surface area contributed by atoms with Crippen LogP contribution in [0.1, 0.15) is 17.3 Å². The first-order valence-corrected chi connectivity index (χ1v) is 14.7. The Kier molecular flexibility index (Phi) is 6.13. The number of hydrogen-bond acceptors (Lipinski definition) is 2. The van der Waals surface area contributed by atoms with Crippen LogP contribution in [0.4, 0.5) is 0 Å². The highest BCUT2D eigenvalue weighted by molar-refractivity contribution is 6.19. The van der Waals surface area contributed by atoms with Gasteiger partial charge in [0.15, 0.2) is 0 Å². The van der Waals surface area contributed by atoms with Gasteiger partial charge in [0.1, 0.15) is 6.17 Å². The van der Waals surface area contributed by atoms with E-state index in [-0.39, 0.29) is 6.17 Å². The molecule has 0 saturated carbocycles. The highest BCUT2D eigenvalue weighted by Crippen LogP contribution is 2.39. The van der Waals surface area contributed by atoms with E-state index < -0.39 is 0 Å². The average Bonchev–Trinajstić information content (AvgIpc) is 3.57. The lowest BCUT2D eigenvalue weighted by Crippen LogP contribution is -2.14. The maximum atomic E-state index is 4.89. The van der Waals surface area contributed by atoms with Crippen molar-refractivity contribution in [3.8, 4) is 11.4 Å². The van der Waals surface area contributed by atoms with E-state index in [2.05, 4.69) is 142 Å². The molecule has 0 aliphatic carbocycles. The third kappa shape index (κ3) is 4.23. The van der Waals surface area contributed by atoms with Crippen molar-refractivity contribution >= 4 is 49.8 Å². The van der Waals surface area contributed by atoms with E-state index in [1.807, 2.05) is 31.5 Å². The molecule has 0 bridgehead atoms. The topological polar surface area (TPSA) is 34.2 Å². The molecule has 0 amide bonds. The van der Waals surface area contributed by atoms with Gasteiger partial charge in [-0.05, 0) is 66.7 Å². The summed E-state index contributed by atoms with van der Waals surface area (Å²) in [5, 5.41) is 8.40. The first kappa shape index (κ1) is 25.3. The standard InChI is InChI=1S/C39H30N4/c1-40-39(41-26-27-13-4-2-5-14-27)28-15-12-18-30(23-28)43-36-22-11-9-20-32(36)34-24-33-31-19-8-10-21-35(31)42(37(33)25-38(34)43)29-16-6-3-7-17-29/h2-26,39-40H,1H3/b41-26+. The highest BCUT2D eigenvalue weighted by atomic mass is 15.0. The zero-order chi connectivity index (χ0) is 28.8. The fourth-order valence-electron chi connectivity index (χ4n) is 6.43. The van der Waals surface area contributed by atoms with E-state index in [0.29, 0.717) is 0 Å². The van der Waals surface area contributed by atoms with Crippen LogP contribution in [0.15, 0.2) is 151 Å². The van der Waals surface area contributed by atoms with Crippen LogP contribution in [-0.4, -0.2) is 22.4 Å². The van der Waals surface area contributed by atoms with Crippen LogP contribution in [0.5, 0.6) is 0 Å². The number of nitrogens with zero attached hydrogens (tertiary/aromatic N) is 3. The van der Waals surface area contributed by atoms with E-state index in [1.54, 1.807) is 0 Å². The van der Waals surface area contributed by atoms with Crippen LogP contribution in [0.2, 0.25) is 0 Å². The van der Waals surface area contributed by atoms with Gasteiger partial charge in [0, 0.05) is 39.1 Å². The van der Waals surface area contributed by atoms with Gasteiger partial charge in [-0.1, -0.05) is 97.1 Å². The van der Waals surface area contributed by atoms with Crippen LogP contribution < -0.4 is 5.32 Å². The quantitative estimate of drug-likeness (QED) is 0.204. The first-order chi connectivity index (χ1) is 21.3. The molecule has 0 fully saturated rings. The second kappa shape index (κ2) is 10.4. The van der Waals surface area contributed by atoms with E-state index in [1.165, 1.54) is 43.6 Å². The molecule has 0 saturated heterocycles. The van der Waals surface area contributed by atoms with Crippen molar-refractivity contribution in [2.75, 3.05) is 7.05 Å². The van der Waals surface area contributed by atoms with Crippen molar-refractivity contribution in [2.24, 2.45) is 4.99 Å². The zero-order valence-corrected chi connectivity index (χ0v) is 23.9. The van der Waals surface area contributed by atoms with Gasteiger partial charge in [-0.15, -0.1) is 0 Å². The number of hydrogen-bond donors (Lipinski definition) is 1. The predicted octanol–water partition coefficient (Wildman–Crippen LogP) is 9.22. The van der Waals surface area contributed by atoms with Gasteiger partial charge >= 0.3 is 0 Å². The van der Waals surface area contributed by atoms with Gasteiger partial charge in [-0.3, -0.25) is 10.3 Å². The van der Waals surface area contributed by atoms with E-state index in [9.17, 15) is 0 Å². The lowest BCUT2D eigenvalue weighted by atomic mass is 10.1. The molecule has 206 valence electrons. The van der Waals surface area contributed by atoms with Crippen molar-refractivity contribution in [2.45, 2.75) is 6.17 Å². The van der Waals surface area contributed by atoms with Crippen LogP contribution in [0.25, 0.3) is 55.0 Å². The van der Waals surface area contributed by atoms with Crippen molar-refractivity contribution in [1.29, 1.82) is 0 Å². The monoisotopic (exact) mass is 554 g/mol. The predicted molar refractivity (Wildman–Crippen MR) is 181 cm³/mol. The molecular weight excluding hydrogens is 524 g/mol. The molecule has 6 aromatic carbocycles. The smallest absolute Gasteiger partial charge is 0.125 e. The van der Waals surface area contributed by atoms with Crippen molar-refractivity contribution in [1.82, 2.24) is 14.5 Å². The maximum Gasteiger partial charge on any atom is 0.125 e. The minimum Gasteiger partial charge on any atom is -0.309 e. The summed E-state index contributed by atoms with van der Waals surface area (Å²) in [6.07, 6.45) is 1.77. The summed E-state index contributed by atoms with van der Waals surface area (Å²) in [5.41, 5.74) is 9.23. The molecule has 43 heavy (non-hydrogen) atoms. The van der Waals surface area contributed by atoms with E-state index in [4.69, 9.17) is 4.99 Å². The average molecular weight is 555 g/mol. The van der Waals surface area contributed by atoms with Crippen LogP contribution in [-0.2, 0) is 0 Å². The normalized spacial score (nSPS) is 12.7. The van der Waals surface area contributed by atoms with Crippen LogP contribution >= 0.6 is 0 Å². The molecule has 2 aromatic heterocycles. The highest BCUT2D eigenvalue weighted by Gasteiger charge is 2.18. The fraction of sp³-hybridized carbons (Fsp3) is 0.0513. The summed E-state index contributed by atoms with van der Waals surface area (Å²) in [4.78, 5) is 4.89. The number of benzene rings is 6. The second-order valence-electron chi connectivity index (χ2n) is 10.9. The number of nitrogens with one attached hydrogen (secondary N) is 1. The number of fused-ring (bicyclic) bond motifs is 6. The Labute approximate surface area is 250 Å². The van der Waals surface area contributed by atoms with Crippen molar-refractivity contribution in [3.05, 3.63) is 157 Å². The Morgan fingerprint density at radius 2 is 1.07 bits per heavy atom. The van der Waals surface area contributed by atoms with Crippen molar-refractivity contribution in [3.63, 3.8) is 0 Å². The van der Waals surface area contributed by atoms with Gasteiger partial charge in [-0.2, -0.15) is 0 Å². The lowest BCUT2D eigenvalue weighted by Gasteiger charge is -2.15. The Morgan fingerprint density at radius 1 is 0.512 bits per heavy atom. The van der Waals surface area contributed by atoms with Gasteiger partial charge in [0.25, 0.3) is 0 Å². The van der Waals surface area contributed by atoms with E-state index >= 15 is 0 Å². The Balaban J connectivity index is 1.37. The molecule has 4 heteroatoms. The molecule has 0 aliphatic heterocycles. The molecular formula is C39H30N4. The number of para-hydroxylation sites is 3. The molecule has 1 atom stereocenters. The summed E-state index contributed by atoms with van der Waals surface area (Å²) in [6, 6.07) is 51.8. The SMILES string of the molecule is CNC(/N=C/c1ccccc1)c1cccc(-n2c3ccccc3c3cc4c5ccccc5n(-c5ccccc5)c4cc32)c1. The summed E-state index contributed by atoms with van der Waals surface area (Å²) in [6.45, 7) is 0. The third-order valence-corrected chi connectivity index (χ3v) is 8.37. The maximum absolute atomic E-state index is 4.89. The van der Waals surface area contributed by atoms with Crippen LogP contribution in [0.3, 0.4) is 0 Å². The molecule has 8 aromatic rings. The summed E-state index contributed by atoms with van der Waals surface area (Å²) in [7, 11) is 1.96. The number of aliphatic imine (C=N–C) groups is 1. The number of aromatic nitrogens is 2. The molecule has 2 heterocycles. The van der Waals surface area contributed by atoms with Gasteiger partial charge in [0.05, 0.1) is 22.1 Å². The minimum absolute atomic E-state index is 0.166. The molecule has 0 aliphatic rings. The lowest BCUT2D eigenvalue weighted by molar-refractivity contribution is 0.627. The van der Waals surface area contributed by atoms with Gasteiger partial charge < -0.3 is 9.13 Å². The number of rotatable bonds is 6. The Bertz CT molecular complexity index is 2270. The Morgan fingerprint density at radius 3 is 1.72 bits per heavy atom. The molecule has 1 N–H and O–H groups in total. The fourth-order valence-corrected chi connectivity index (χ4v) is 6.43. The summed E-state index contributed by atoms with van der Waals surface area (Å²) >= 11 is 0. The molecule has 0 spiro atoms. The zero-order valence-electron chi connectivity index (χ0n) is 23.9. The van der Waals surface area contributed by atoms with E-state index in [0.717, 1.165) is 22.5 Å². The molecule has 1 unspecified atom stereocenters. The molecule has 8 rings (SSSR count). The molecule has 0 radical (unpaired) electrons. The van der Waals surface area contributed by atoms with Gasteiger partial charge in [0.2, 0.25) is 0 Å². The van der Waals surface area contributed by atoms with Gasteiger partial charge in [-0.25, -0.2) is 0 Å². The summed E-state index contributed by atoms with van der Waals surface area (Å²) in [5.74, 6) is 0. The first-order valence-electron chi connectivity index (χ1n) is 14.7. The van der Waals surface area contributed by atoms with Crippen LogP contribution in [0, 0.1) is 0 Å².